The number of carbonyl (C=O) groups is 2. The van der Waals surface area contributed by atoms with Crippen molar-refractivity contribution in [2.45, 2.75) is 31.5 Å². The summed E-state index contributed by atoms with van der Waals surface area (Å²) < 4.78 is 25.9. The van der Waals surface area contributed by atoms with Crippen LogP contribution in [-0.4, -0.2) is 40.3 Å². The average molecular weight is 302 g/mol. The Hall–Kier alpha value is -2.06. The van der Waals surface area contributed by atoms with E-state index in [1.54, 1.807) is 0 Å². The largest absolute Gasteiger partial charge is 0.480 e. The number of halogens is 2. The summed E-state index contributed by atoms with van der Waals surface area (Å²) in [6.45, 7) is 1.29. The van der Waals surface area contributed by atoms with Gasteiger partial charge in [-0.15, -0.1) is 0 Å². The first-order chi connectivity index (χ1) is 9.72. The van der Waals surface area contributed by atoms with Gasteiger partial charge in [-0.3, -0.25) is 4.79 Å². The molecule has 1 aromatic carbocycles. The number of amides is 1. The standard InChI is InChI=1S/C13H16F2N2O4/c1-6(18)11(16)12(19)17-10(13(20)21)5-7-2-3-8(14)9(15)4-7/h2-4,6,10-11,18H,5,16H2,1H3,(H,17,19)(H,20,21)/t6-,10-,11+/m0/s1. The van der Waals surface area contributed by atoms with E-state index in [1.807, 2.05) is 0 Å². The first kappa shape index (κ1) is 17.0. The molecule has 6 nitrogen and oxygen atoms in total. The summed E-state index contributed by atoms with van der Waals surface area (Å²) in [5.74, 6) is -4.36. The van der Waals surface area contributed by atoms with Gasteiger partial charge in [0.25, 0.3) is 0 Å². The Balaban J connectivity index is 2.81. The van der Waals surface area contributed by atoms with Gasteiger partial charge in [0.05, 0.1) is 6.10 Å². The first-order valence-electron chi connectivity index (χ1n) is 6.13. The number of benzene rings is 1. The third-order valence-corrected chi connectivity index (χ3v) is 2.86. The second-order valence-electron chi connectivity index (χ2n) is 4.62. The molecule has 0 unspecified atom stereocenters. The highest BCUT2D eigenvalue weighted by Crippen LogP contribution is 2.11. The maximum Gasteiger partial charge on any atom is 0.326 e. The fraction of sp³-hybridized carbons (Fsp3) is 0.385. The maximum atomic E-state index is 13.1. The van der Waals surface area contributed by atoms with Gasteiger partial charge in [0.1, 0.15) is 12.1 Å². The van der Waals surface area contributed by atoms with E-state index in [9.17, 15) is 23.5 Å². The van der Waals surface area contributed by atoms with Gasteiger partial charge in [0, 0.05) is 6.42 Å². The number of aliphatic carboxylic acids is 1. The molecule has 0 fully saturated rings. The molecule has 0 aliphatic carbocycles. The number of carbonyl (C=O) groups excluding carboxylic acids is 1. The van der Waals surface area contributed by atoms with Gasteiger partial charge in [-0.25, -0.2) is 13.6 Å². The Morgan fingerprint density at radius 1 is 1.33 bits per heavy atom. The van der Waals surface area contributed by atoms with Crippen LogP contribution in [0.5, 0.6) is 0 Å². The molecule has 0 saturated heterocycles. The van der Waals surface area contributed by atoms with E-state index in [1.165, 1.54) is 13.0 Å². The predicted octanol–water partition coefficient (Wildman–Crippen LogP) is -0.215. The molecule has 116 valence electrons. The lowest BCUT2D eigenvalue weighted by atomic mass is 10.0. The number of nitrogens with two attached hydrogens (primary N) is 1. The minimum atomic E-state index is -1.37. The van der Waals surface area contributed by atoms with Gasteiger partial charge in [-0.2, -0.15) is 0 Å². The number of nitrogens with one attached hydrogen (secondary N) is 1. The van der Waals surface area contributed by atoms with E-state index in [2.05, 4.69) is 5.32 Å². The Morgan fingerprint density at radius 3 is 2.43 bits per heavy atom. The quantitative estimate of drug-likeness (QED) is 0.580. The molecule has 21 heavy (non-hydrogen) atoms. The highest BCUT2D eigenvalue weighted by molar-refractivity contribution is 5.87. The van der Waals surface area contributed by atoms with Gasteiger partial charge in [-0.05, 0) is 24.6 Å². The molecular formula is C13H16F2N2O4. The van der Waals surface area contributed by atoms with Crippen LogP contribution in [0.4, 0.5) is 8.78 Å². The van der Waals surface area contributed by atoms with Crippen LogP contribution in [-0.2, 0) is 16.0 Å². The van der Waals surface area contributed by atoms with Crippen molar-refractivity contribution in [1.29, 1.82) is 0 Å². The molecule has 0 aliphatic heterocycles. The molecule has 0 bridgehead atoms. The lowest BCUT2D eigenvalue weighted by Gasteiger charge is -2.19. The second-order valence-corrected chi connectivity index (χ2v) is 4.62. The molecule has 0 radical (unpaired) electrons. The Kier molecular flexibility index (Phi) is 5.74. The van der Waals surface area contributed by atoms with Crippen molar-refractivity contribution in [1.82, 2.24) is 5.32 Å². The van der Waals surface area contributed by atoms with Gasteiger partial charge < -0.3 is 21.3 Å². The summed E-state index contributed by atoms with van der Waals surface area (Å²) in [5, 5.41) is 20.4. The zero-order valence-electron chi connectivity index (χ0n) is 11.2. The smallest absolute Gasteiger partial charge is 0.326 e. The number of carboxylic acids is 1. The average Bonchev–Trinajstić information content (AvgIpc) is 2.40. The fourth-order valence-corrected chi connectivity index (χ4v) is 1.59. The van der Waals surface area contributed by atoms with Crippen molar-refractivity contribution in [3.05, 3.63) is 35.4 Å². The summed E-state index contributed by atoms with van der Waals surface area (Å²) in [5.41, 5.74) is 5.58. The minimum Gasteiger partial charge on any atom is -0.480 e. The molecule has 0 spiro atoms. The van der Waals surface area contributed by atoms with Gasteiger partial charge in [0.2, 0.25) is 5.91 Å². The molecule has 8 heteroatoms. The van der Waals surface area contributed by atoms with Crippen molar-refractivity contribution < 1.29 is 28.6 Å². The topological polar surface area (TPSA) is 113 Å². The van der Waals surface area contributed by atoms with Crippen LogP contribution in [0.3, 0.4) is 0 Å². The minimum absolute atomic E-state index is 0.201. The number of aliphatic hydroxyl groups excluding tert-OH is 1. The monoisotopic (exact) mass is 302 g/mol. The third-order valence-electron chi connectivity index (χ3n) is 2.86. The van der Waals surface area contributed by atoms with Crippen molar-refractivity contribution in [2.75, 3.05) is 0 Å². The Bertz CT molecular complexity index is 537. The normalized spacial score (nSPS) is 15.1. The molecule has 0 heterocycles. The van der Waals surface area contributed by atoms with E-state index in [0.717, 1.165) is 12.1 Å². The number of hydrogen-bond acceptors (Lipinski definition) is 4. The zero-order chi connectivity index (χ0) is 16.2. The molecule has 1 aromatic rings. The summed E-state index contributed by atoms with van der Waals surface area (Å²) in [7, 11) is 0. The number of carboxylic acid groups (broad SMARTS) is 1. The fourth-order valence-electron chi connectivity index (χ4n) is 1.59. The Morgan fingerprint density at radius 2 is 1.95 bits per heavy atom. The van der Waals surface area contributed by atoms with Crippen LogP contribution >= 0.6 is 0 Å². The van der Waals surface area contributed by atoms with Gasteiger partial charge >= 0.3 is 5.97 Å². The van der Waals surface area contributed by atoms with Crippen LogP contribution in [0, 0.1) is 11.6 Å². The van der Waals surface area contributed by atoms with Crippen LogP contribution in [0.15, 0.2) is 18.2 Å². The van der Waals surface area contributed by atoms with Crippen LogP contribution < -0.4 is 11.1 Å². The first-order valence-corrected chi connectivity index (χ1v) is 6.13. The Labute approximate surface area is 119 Å². The molecule has 1 amide bonds. The number of rotatable bonds is 6. The summed E-state index contributed by atoms with van der Waals surface area (Å²) in [4.78, 5) is 22.7. The van der Waals surface area contributed by atoms with E-state index in [0.29, 0.717) is 0 Å². The second kappa shape index (κ2) is 7.09. The predicted molar refractivity (Wildman–Crippen MR) is 69.3 cm³/mol. The van der Waals surface area contributed by atoms with Crippen LogP contribution in [0.2, 0.25) is 0 Å². The molecular weight excluding hydrogens is 286 g/mol. The van der Waals surface area contributed by atoms with Crippen molar-refractivity contribution in [3.63, 3.8) is 0 Å². The highest BCUT2D eigenvalue weighted by atomic mass is 19.2. The van der Waals surface area contributed by atoms with Crippen molar-refractivity contribution in [2.24, 2.45) is 5.73 Å². The summed E-state index contributed by atoms with van der Waals surface area (Å²) >= 11 is 0. The zero-order valence-corrected chi connectivity index (χ0v) is 11.2. The molecule has 0 aromatic heterocycles. The molecule has 5 N–H and O–H groups in total. The highest BCUT2D eigenvalue weighted by Gasteiger charge is 2.26. The van der Waals surface area contributed by atoms with E-state index >= 15 is 0 Å². The van der Waals surface area contributed by atoms with E-state index < -0.39 is 41.7 Å². The number of aliphatic hydroxyl groups is 1. The lowest BCUT2D eigenvalue weighted by molar-refractivity contribution is -0.142. The van der Waals surface area contributed by atoms with E-state index in [4.69, 9.17) is 10.8 Å². The van der Waals surface area contributed by atoms with Gasteiger partial charge in [0.15, 0.2) is 11.6 Å². The molecule has 0 aliphatic rings. The lowest BCUT2D eigenvalue weighted by Crippen LogP contribution is -2.52. The summed E-state index contributed by atoms with van der Waals surface area (Å²) in [6.07, 6.45) is -1.40. The molecule has 1 rings (SSSR count). The molecule has 0 saturated carbocycles. The molecule has 3 atom stereocenters. The van der Waals surface area contributed by atoms with Crippen LogP contribution in [0.25, 0.3) is 0 Å². The third kappa shape index (κ3) is 4.76. The summed E-state index contributed by atoms with van der Waals surface area (Å²) in [6, 6.07) is 0.289. The van der Waals surface area contributed by atoms with Crippen molar-refractivity contribution >= 4 is 11.9 Å². The van der Waals surface area contributed by atoms with E-state index in [-0.39, 0.29) is 12.0 Å². The van der Waals surface area contributed by atoms with Crippen molar-refractivity contribution in [3.8, 4) is 0 Å². The maximum absolute atomic E-state index is 13.1. The van der Waals surface area contributed by atoms with Gasteiger partial charge in [-0.1, -0.05) is 6.07 Å². The number of hydrogen-bond donors (Lipinski definition) is 4. The SMILES string of the molecule is C[C@H](O)[C@@H](N)C(=O)N[C@@H](Cc1ccc(F)c(F)c1)C(=O)O. The van der Waals surface area contributed by atoms with Crippen LogP contribution in [0.1, 0.15) is 12.5 Å².